The first-order valence-corrected chi connectivity index (χ1v) is 9.59. The molecule has 0 saturated carbocycles. The molecule has 1 unspecified atom stereocenters. The van der Waals surface area contributed by atoms with Gasteiger partial charge in [-0.25, -0.2) is 4.98 Å². The van der Waals surface area contributed by atoms with Crippen molar-refractivity contribution in [2.75, 3.05) is 6.61 Å². The number of amides is 1. The largest absolute Gasteiger partial charge is 0.486 e. The van der Waals surface area contributed by atoms with E-state index in [4.69, 9.17) is 21.1 Å². The van der Waals surface area contributed by atoms with Crippen molar-refractivity contribution in [2.45, 2.75) is 32.1 Å². The van der Waals surface area contributed by atoms with Gasteiger partial charge in [0.05, 0.1) is 29.4 Å². The fraction of sp³-hybridized carbons (Fsp3) is 0.333. The van der Waals surface area contributed by atoms with Gasteiger partial charge in [0.1, 0.15) is 18.0 Å². The molecule has 3 heterocycles. The Morgan fingerprint density at radius 1 is 1.50 bits per heavy atom. The van der Waals surface area contributed by atoms with E-state index < -0.39 is 5.60 Å². The van der Waals surface area contributed by atoms with E-state index in [2.05, 4.69) is 15.3 Å². The number of nitrogens with zero attached hydrogens (tertiary/aromatic N) is 1. The second-order valence-electron chi connectivity index (χ2n) is 6.44. The first kappa shape index (κ1) is 17.3. The van der Waals surface area contributed by atoms with Crippen molar-refractivity contribution >= 4 is 39.7 Å². The molecule has 1 aliphatic rings. The molecule has 1 fully saturated rings. The zero-order chi connectivity index (χ0) is 18.1. The highest BCUT2D eigenvalue weighted by Gasteiger charge is 2.40. The molecule has 26 heavy (non-hydrogen) atoms. The van der Waals surface area contributed by atoms with Crippen LogP contribution in [-0.4, -0.2) is 28.1 Å². The molecule has 1 saturated heterocycles. The second-order valence-corrected chi connectivity index (χ2v) is 7.57. The van der Waals surface area contributed by atoms with E-state index in [0.717, 1.165) is 28.7 Å². The van der Waals surface area contributed by atoms with E-state index >= 15 is 0 Å². The Kier molecular flexibility index (Phi) is 4.60. The minimum Gasteiger partial charge on any atom is -0.486 e. The quantitative estimate of drug-likeness (QED) is 0.672. The molecule has 1 atom stereocenters. The van der Waals surface area contributed by atoms with Crippen LogP contribution in [0.4, 0.5) is 0 Å². The molecule has 2 aromatic heterocycles. The molecule has 2 N–H and O–H groups in total. The number of rotatable bonds is 6. The molecule has 0 radical (unpaired) electrons. The molecule has 1 aromatic carbocycles. The average molecular weight is 392 g/mol. The monoisotopic (exact) mass is 391 g/mol. The van der Waals surface area contributed by atoms with Gasteiger partial charge in [0.25, 0.3) is 5.91 Å². The van der Waals surface area contributed by atoms with Gasteiger partial charge in [-0.15, -0.1) is 11.3 Å². The van der Waals surface area contributed by atoms with Crippen LogP contribution in [0.15, 0.2) is 29.1 Å². The van der Waals surface area contributed by atoms with Crippen LogP contribution in [0.2, 0.25) is 5.02 Å². The third kappa shape index (κ3) is 3.42. The Bertz CT molecular complexity index is 935. The SMILES string of the molecule is CC1(C(=O)NCc2cc3cc(Cl)c(OCc4cscn4)cc3[nH]2)CCO1. The van der Waals surface area contributed by atoms with Gasteiger partial charge in [0.15, 0.2) is 0 Å². The number of H-pyrrole nitrogens is 1. The summed E-state index contributed by atoms with van der Waals surface area (Å²) in [6.45, 7) is 3.22. The van der Waals surface area contributed by atoms with E-state index in [1.165, 1.54) is 11.3 Å². The summed E-state index contributed by atoms with van der Waals surface area (Å²) in [6.07, 6.45) is 0.751. The Morgan fingerprint density at radius 3 is 3.04 bits per heavy atom. The summed E-state index contributed by atoms with van der Waals surface area (Å²) in [5, 5.41) is 6.35. The summed E-state index contributed by atoms with van der Waals surface area (Å²) >= 11 is 7.85. The van der Waals surface area contributed by atoms with Gasteiger partial charge in [0.2, 0.25) is 0 Å². The molecular formula is C18H18ClN3O3S. The number of thiazole rings is 1. The van der Waals surface area contributed by atoms with Crippen molar-refractivity contribution in [2.24, 2.45) is 0 Å². The first-order valence-electron chi connectivity index (χ1n) is 8.27. The Balaban J connectivity index is 1.45. The number of benzene rings is 1. The zero-order valence-electron chi connectivity index (χ0n) is 14.2. The highest BCUT2D eigenvalue weighted by molar-refractivity contribution is 7.07. The highest BCUT2D eigenvalue weighted by atomic mass is 35.5. The number of carbonyl (C=O) groups excluding carboxylic acids is 1. The van der Waals surface area contributed by atoms with Crippen molar-refractivity contribution in [3.05, 3.63) is 45.5 Å². The molecule has 8 heteroatoms. The number of hydrogen-bond acceptors (Lipinski definition) is 5. The van der Waals surface area contributed by atoms with Crippen LogP contribution >= 0.6 is 22.9 Å². The van der Waals surface area contributed by atoms with Crippen molar-refractivity contribution < 1.29 is 14.3 Å². The standard InChI is InChI=1S/C18H18ClN3O3S/c1-18(2-3-25-18)17(23)20-7-12-4-11-5-14(19)16(6-15(11)22-12)24-8-13-9-26-10-21-13/h4-6,9-10,22H,2-3,7-8H2,1H3,(H,20,23). The highest BCUT2D eigenvalue weighted by Crippen LogP contribution is 2.31. The van der Waals surface area contributed by atoms with E-state index in [1.807, 2.05) is 30.5 Å². The van der Waals surface area contributed by atoms with Gasteiger partial charge in [-0.05, 0) is 19.1 Å². The Hall–Kier alpha value is -2.09. The molecule has 1 amide bonds. The van der Waals surface area contributed by atoms with Crippen molar-refractivity contribution in [1.29, 1.82) is 0 Å². The first-order chi connectivity index (χ1) is 12.5. The van der Waals surface area contributed by atoms with Crippen molar-refractivity contribution in [3.63, 3.8) is 0 Å². The summed E-state index contributed by atoms with van der Waals surface area (Å²) in [5.74, 6) is 0.507. The summed E-state index contributed by atoms with van der Waals surface area (Å²) in [5.41, 5.74) is 3.74. The molecule has 3 aromatic rings. The van der Waals surface area contributed by atoms with Crippen molar-refractivity contribution in [3.8, 4) is 5.75 Å². The zero-order valence-corrected chi connectivity index (χ0v) is 15.7. The van der Waals surface area contributed by atoms with Gasteiger partial charge in [-0.3, -0.25) is 4.79 Å². The lowest BCUT2D eigenvalue weighted by Gasteiger charge is -2.36. The van der Waals surface area contributed by atoms with Crippen molar-refractivity contribution in [1.82, 2.24) is 15.3 Å². The molecule has 136 valence electrons. The van der Waals surface area contributed by atoms with Crippen LogP contribution in [0, 0.1) is 0 Å². The predicted octanol–water partition coefficient (Wildman–Crippen LogP) is 3.65. The van der Waals surface area contributed by atoms with Crippen LogP contribution in [0.1, 0.15) is 24.7 Å². The van der Waals surface area contributed by atoms with Crippen LogP contribution in [-0.2, 0) is 22.7 Å². The van der Waals surface area contributed by atoms with E-state index in [9.17, 15) is 4.79 Å². The average Bonchev–Trinajstić information content (AvgIpc) is 3.24. The number of nitrogens with one attached hydrogen (secondary N) is 2. The fourth-order valence-corrected chi connectivity index (χ4v) is 3.58. The second kappa shape index (κ2) is 6.90. The number of ether oxygens (including phenoxy) is 2. The van der Waals surface area contributed by atoms with E-state index in [0.29, 0.717) is 30.5 Å². The number of fused-ring (bicyclic) bond motifs is 1. The van der Waals surface area contributed by atoms with Gasteiger partial charge in [0, 0.05) is 34.5 Å². The molecule has 0 bridgehead atoms. The molecule has 4 rings (SSSR count). The molecule has 6 nitrogen and oxygen atoms in total. The maximum atomic E-state index is 12.1. The predicted molar refractivity (Wildman–Crippen MR) is 101 cm³/mol. The minimum atomic E-state index is -0.688. The normalized spacial score (nSPS) is 19.3. The Labute approximate surface area is 159 Å². The number of halogens is 1. The van der Waals surface area contributed by atoms with Gasteiger partial charge < -0.3 is 19.8 Å². The maximum absolute atomic E-state index is 12.1. The lowest BCUT2D eigenvalue weighted by Crippen LogP contribution is -2.53. The summed E-state index contributed by atoms with van der Waals surface area (Å²) < 4.78 is 11.1. The molecule has 1 aliphatic heterocycles. The van der Waals surface area contributed by atoms with Crippen LogP contribution in [0.5, 0.6) is 5.75 Å². The molecule has 0 aliphatic carbocycles. The van der Waals surface area contributed by atoms with Gasteiger partial charge in [-0.1, -0.05) is 11.6 Å². The maximum Gasteiger partial charge on any atom is 0.252 e. The van der Waals surface area contributed by atoms with E-state index in [-0.39, 0.29) is 5.91 Å². The topological polar surface area (TPSA) is 76.2 Å². The van der Waals surface area contributed by atoms with Crippen LogP contribution in [0.25, 0.3) is 10.9 Å². The summed E-state index contributed by atoms with van der Waals surface area (Å²) in [6, 6.07) is 5.69. The third-order valence-electron chi connectivity index (χ3n) is 4.51. The molecule has 0 spiro atoms. The van der Waals surface area contributed by atoms with E-state index in [1.54, 1.807) is 5.51 Å². The molecular weight excluding hydrogens is 374 g/mol. The Morgan fingerprint density at radius 2 is 2.35 bits per heavy atom. The third-order valence-corrected chi connectivity index (χ3v) is 5.44. The summed E-state index contributed by atoms with van der Waals surface area (Å²) in [7, 11) is 0. The number of aromatic nitrogens is 2. The number of carbonyl (C=O) groups is 1. The lowest BCUT2D eigenvalue weighted by atomic mass is 9.96. The summed E-state index contributed by atoms with van der Waals surface area (Å²) in [4.78, 5) is 19.6. The van der Waals surface area contributed by atoms with Crippen LogP contribution in [0.3, 0.4) is 0 Å². The smallest absolute Gasteiger partial charge is 0.252 e. The minimum absolute atomic E-state index is 0.0901. The van der Waals surface area contributed by atoms with Crippen LogP contribution < -0.4 is 10.1 Å². The number of aromatic amines is 1. The lowest BCUT2D eigenvalue weighted by molar-refractivity contribution is -0.171. The van der Waals surface area contributed by atoms with Gasteiger partial charge >= 0.3 is 0 Å². The van der Waals surface area contributed by atoms with Gasteiger partial charge in [-0.2, -0.15) is 0 Å². The fourth-order valence-electron chi connectivity index (χ4n) is 2.81. The number of hydrogen-bond donors (Lipinski definition) is 2.